The zero-order chi connectivity index (χ0) is 15.2. The number of esters is 1. The van der Waals surface area contributed by atoms with E-state index in [1.807, 2.05) is 0 Å². The topological polar surface area (TPSA) is 69.7 Å². The average Bonchev–Trinajstić information content (AvgIpc) is 2.84. The van der Waals surface area contributed by atoms with Crippen molar-refractivity contribution in [1.82, 2.24) is 0 Å². The number of hydrogen-bond acceptors (Lipinski definition) is 6. The van der Waals surface area contributed by atoms with Crippen LogP contribution in [0.25, 0.3) is 10.1 Å². The summed E-state index contributed by atoms with van der Waals surface area (Å²) >= 11 is 1.31. The van der Waals surface area contributed by atoms with E-state index >= 15 is 0 Å². The second-order valence-corrected chi connectivity index (χ2v) is 8.30. The number of methoxy groups -OCH3 is 1. The number of carbonyl (C=O) groups excluding carboxylic acids is 1. The van der Waals surface area contributed by atoms with Crippen molar-refractivity contribution in [1.29, 1.82) is 0 Å². The van der Waals surface area contributed by atoms with Gasteiger partial charge in [0, 0.05) is 22.9 Å². The van der Waals surface area contributed by atoms with E-state index in [4.69, 9.17) is 9.47 Å². The van der Waals surface area contributed by atoms with Crippen LogP contribution in [0, 0.1) is 0 Å². The van der Waals surface area contributed by atoms with E-state index in [2.05, 4.69) is 0 Å². The highest BCUT2D eigenvalue weighted by molar-refractivity contribution is 7.90. The van der Waals surface area contributed by atoms with Crippen LogP contribution in [0.2, 0.25) is 0 Å². The molecule has 1 aromatic carbocycles. The third-order valence-electron chi connectivity index (χ3n) is 3.54. The van der Waals surface area contributed by atoms with Gasteiger partial charge in [-0.1, -0.05) is 0 Å². The number of fused-ring (bicyclic) bond motifs is 2. The molecule has 1 atom stereocenters. The van der Waals surface area contributed by atoms with Gasteiger partial charge in [0.1, 0.15) is 10.6 Å². The first kappa shape index (κ1) is 14.3. The predicted molar refractivity (Wildman–Crippen MR) is 80.9 cm³/mol. The summed E-state index contributed by atoms with van der Waals surface area (Å²) in [5.74, 6) is 0.192. The Kier molecular flexibility index (Phi) is 3.41. The van der Waals surface area contributed by atoms with Gasteiger partial charge in [0.25, 0.3) is 0 Å². The molecule has 112 valence electrons. The maximum absolute atomic E-state index is 11.9. The second-order valence-electron chi connectivity index (χ2n) is 4.99. The fourth-order valence-corrected chi connectivity index (χ4v) is 4.70. The molecule has 5 nitrogen and oxygen atoms in total. The van der Waals surface area contributed by atoms with Crippen LogP contribution in [-0.2, 0) is 14.6 Å². The van der Waals surface area contributed by atoms with Crippen molar-refractivity contribution in [2.45, 2.75) is 11.7 Å². The Balaban J connectivity index is 2.17. The molecule has 0 bridgehead atoms. The van der Waals surface area contributed by atoms with E-state index in [0.717, 1.165) is 10.1 Å². The minimum absolute atomic E-state index is 0.380. The van der Waals surface area contributed by atoms with Crippen molar-refractivity contribution < 1.29 is 22.7 Å². The molecular formula is C14H14O5S2. The molecule has 7 heteroatoms. The highest BCUT2D eigenvalue weighted by Gasteiger charge is 2.30. The highest BCUT2D eigenvalue weighted by Crippen LogP contribution is 2.41. The molecule has 1 aliphatic rings. The molecule has 2 heterocycles. The van der Waals surface area contributed by atoms with Crippen LogP contribution in [0.15, 0.2) is 18.2 Å². The van der Waals surface area contributed by atoms with Crippen molar-refractivity contribution >= 4 is 37.2 Å². The Hall–Kier alpha value is -1.60. The number of benzene rings is 1. The molecule has 0 N–H and O–H groups in total. The lowest BCUT2D eigenvalue weighted by atomic mass is 10.0. The molecule has 0 radical (unpaired) electrons. The van der Waals surface area contributed by atoms with E-state index in [9.17, 15) is 13.2 Å². The van der Waals surface area contributed by atoms with E-state index in [0.29, 0.717) is 29.2 Å². The average molecular weight is 326 g/mol. The molecule has 0 saturated carbocycles. The number of hydrogen-bond donors (Lipinski definition) is 0. The summed E-state index contributed by atoms with van der Waals surface area (Å²) in [6.07, 6.45) is 1.69. The van der Waals surface area contributed by atoms with Gasteiger partial charge in [0.05, 0.1) is 19.0 Å². The molecule has 2 aromatic rings. The Labute approximate surface area is 126 Å². The molecule has 0 aliphatic carbocycles. The first-order valence-corrected chi connectivity index (χ1v) is 9.14. The number of sulfone groups is 1. The van der Waals surface area contributed by atoms with E-state index in [1.54, 1.807) is 18.2 Å². The van der Waals surface area contributed by atoms with Crippen LogP contribution < -0.4 is 4.74 Å². The van der Waals surface area contributed by atoms with Crippen LogP contribution in [0.1, 0.15) is 26.9 Å². The molecule has 1 unspecified atom stereocenters. The quantitative estimate of drug-likeness (QED) is 0.793. The minimum atomic E-state index is -3.19. The summed E-state index contributed by atoms with van der Waals surface area (Å²) in [7, 11) is -1.86. The van der Waals surface area contributed by atoms with Crippen LogP contribution in [-0.4, -0.2) is 34.4 Å². The highest BCUT2D eigenvalue weighted by atomic mass is 32.2. The van der Waals surface area contributed by atoms with Crippen LogP contribution >= 0.6 is 11.3 Å². The summed E-state index contributed by atoms with van der Waals surface area (Å²) in [5, 5.41) is 0.283. The predicted octanol–water partition coefficient (Wildman–Crippen LogP) is 2.56. The largest absolute Gasteiger partial charge is 0.493 e. The first-order chi connectivity index (χ1) is 9.90. The lowest BCUT2D eigenvalue weighted by molar-refractivity contribution is 0.0606. The van der Waals surface area contributed by atoms with Crippen LogP contribution in [0.3, 0.4) is 0 Å². The zero-order valence-electron chi connectivity index (χ0n) is 11.6. The van der Waals surface area contributed by atoms with Crippen molar-refractivity contribution in [3.05, 3.63) is 28.6 Å². The molecule has 0 spiro atoms. The molecule has 1 aliphatic heterocycles. The van der Waals surface area contributed by atoms with Gasteiger partial charge in [0.2, 0.25) is 0 Å². The number of rotatable bonds is 2. The Bertz CT molecular complexity index is 819. The van der Waals surface area contributed by atoms with Crippen molar-refractivity contribution in [3.63, 3.8) is 0 Å². The summed E-state index contributed by atoms with van der Waals surface area (Å²) in [6, 6.07) is 5.33. The maximum atomic E-state index is 11.9. The molecule has 0 fully saturated rings. The van der Waals surface area contributed by atoms with Crippen molar-refractivity contribution in [3.8, 4) is 5.75 Å². The zero-order valence-corrected chi connectivity index (χ0v) is 13.2. The fourth-order valence-electron chi connectivity index (χ4n) is 2.54. The SMILES string of the molecule is COC(=O)c1cc2cc3c(cc2s1)OCCC3S(C)(=O)=O. The van der Waals surface area contributed by atoms with Gasteiger partial charge in [-0.2, -0.15) is 0 Å². The second kappa shape index (κ2) is 4.99. The molecule has 21 heavy (non-hydrogen) atoms. The Morgan fingerprint density at radius 3 is 2.81 bits per heavy atom. The molecular weight excluding hydrogens is 312 g/mol. The summed E-state index contributed by atoms with van der Waals surface area (Å²) in [4.78, 5) is 12.1. The normalized spacial score (nSPS) is 18.1. The summed E-state index contributed by atoms with van der Waals surface area (Å²) in [5.41, 5.74) is 0.672. The number of ether oxygens (including phenoxy) is 2. The molecule has 3 rings (SSSR count). The van der Waals surface area contributed by atoms with E-state index in [1.165, 1.54) is 24.7 Å². The van der Waals surface area contributed by atoms with E-state index < -0.39 is 21.1 Å². The maximum Gasteiger partial charge on any atom is 0.348 e. The number of carbonyl (C=O) groups is 1. The van der Waals surface area contributed by atoms with Gasteiger partial charge in [-0.3, -0.25) is 0 Å². The fraction of sp³-hybridized carbons (Fsp3) is 0.357. The third kappa shape index (κ3) is 2.51. The molecule has 0 amide bonds. The lowest BCUT2D eigenvalue weighted by Crippen LogP contribution is -2.20. The van der Waals surface area contributed by atoms with Gasteiger partial charge >= 0.3 is 5.97 Å². The smallest absolute Gasteiger partial charge is 0.348 e. The molecule has 1 aromatic heterocycles. The third-order valence-corrected chi connectivity index (χ3v) is 6.14. The van der Waals surface area contributed by atoms with Gasteiger partial charge in [-0.15, -0.1) is 11.3 Å². The van der Waals surface area contributed by atoms with Gasteiger partial charge in [-0.25, -0.2) is 13.2 Å². The summed E-state index contributed by atoms with van der Waals surface area (Å²) in [6.45, 7) is 0.380. The standard InChI is InChI=1S/C14H14O5S2/c1-18-14(15)12-6-8-5-9-10(7-11(8)20-12)19-4-3-13(9)21(2,16)17/h5-7,13H,3-4H2,1-2H3. The number of thiophene rings is 1. The van der Waals surface area contributed by atoms with E-state index in [-0.39, 0.29) is 0 Å². The Morgan fingerprint density at radius 1 is 1.38 bits per heavy atom. The minimum Gasteiger partial charge on any atom is -0.493 e. The van der Waals surface area contributed by atoms with Gasteiger partial charge in [-0.05, 0) is 23.6 Å². The van der Waals surface area contributed by atoms with Crippen molar-refractivity contribution in [2.75, 3.05) is 20.0 Å². The lowest BCUT2D eigenvalue weighted by Gasteiger charge is -2.24. The van der Waals surface area contributed by atoms with Crippen molar-refractivity contribution in [2.24, 2.45) is 0 Å². The summed E-state index contributed by atoms with van der Waals surface area (Å²) < 4.78 is 35.0. The Morgan fingerprint density at radius 2 is 2.14 bits per heavy atom. The van der Waals surface area contributed by atoms with Gasteiger partial charge in [0.15, 0.2) is 9.84 Å². The van der Waals surface area contributed by atoms with Gasteiger partial charge < -0.3 is 9.47 Å². The van der Waals surface area contributed by atoms with Crippen LogP contribution in [0.5, 0.6) is 5.75 Å². The van der Waals surface area contributed by atoms with Crippen LogP contribution in [0.4, 0.5) is 0 Å². The first-order valence-electron chi connectivity index (χ1n) is 6.37. The molecule has 0 saturated heterocycles. The monoisotopic (exact) mass is 326 g/mol.